The number of aliphatic carboxylic acids is 1. The highest BCUT2D eigenvalue weighted by atomic mass is 16.4. The van der Waals surface area contributed by atoms with Crippen LogP contribution in [0.25, 0.3) is 10.8 Å². The van der Waals surface area contributed by atoms with Crippen LogP contribution in [0.4, 0.5) is 0 Å². The number of rotatable bonds is 8. The molecule has 158 valence electrons. The number of hydrogen-bond donors (Lipinski definition) is 4. The predicted octanol–water partition coefficient (Wildman–Crippen LogP) is 1.61. The highest BCUT2D eigenvalue weighted by Crippen LogP contribution is 2.18. The van der Waals surface area contributed by atoms with Crippen LogP contribution in [-0.2, 0) is 27.3 Å². The van der Waals surface area contributed by atoms with E-state index in [-0.39, 0.29) is 5.91 Å². The van der Waals surface area contributed by atoms with Gasteiger partial charge in [0, 0.05) is 13.0 Å². The maximum atomic E-state index is 13.0. The number of benzene rings is 3. The average molecular weight is 417 g/mol. The molecule has 1 saturated heterocycles. The number of amides is 2. The highest BCUT2D eigenvalue weighted by molar-refractivity contribution is 5.97. The molecule has 0 radical (unpaired) electrons. The predicted molar refractivity (Wildman–Crippen MR) is 116 cm³/mol. The number of carbonyl (C=O) groups is 3. The van der Waals surface area contributed by atoms with Gasteiger partial charge < -0.3 is 15.7 Å². The molecule has 3 aromatic rings. The van der Waals surface area contributed by atoms with Crippen LogP contribution >= 0.6 is 0 Å². The Kier molecular flexibility index (Phi) is 5.95. The average Bonchev–Trinajstić information content (AvgIpc) is 3.59. The van der Waals surface area contributed by atoms with Crippen molar-refractivity contribution in [2.45, 2.75) is 31.1 Å². The maximum Gasteiger partial charge on any atom is 0.322 e. The molecule has 31 heavy (non-hydrogen) atoms. The molecule has 2 amide bonds. The summed E-state index contributed by atoms with van der Waals surface area (Å²) in [4.78, 5) is 36.5. The minimum absolute atomic E-state index is 0.304. The molecule has 0 saturated carbocycles. The van der Waals surface area contributed by atoms with E-state index >= 15 is 0 Å². The molecule has 1 heterocycles. The van der Waals surface area contributed by atoms with E-state index in [9.17, 15) is 14.4 Å². The lowest BCUT2D eigenvalue weighted by Gasteiger charge is -2.19. The van der Waals surface area contributed by atoms with Gasteiger partial charge in [0.25, 0.3) is 0 Å². The molecule has 7 nitrogen and oxygen atoms in total. The standard InChI is InChI=1S/C24H23N3O4/c28-22(25-14-17-11-6-10-16-9-4-5-12-18(16)17)19(13-15-7-2-1-3-8-15)26-23(29)20-21(27-20)24(30)31/h1-12,19-21,27H,13-14H2,(H,25,28)(H,26,29)(H,30,31)/t19-,20-,21-/m0/s1. The summed E-state index contributed by atoms with van der Waals surface area (Å²) >= 11 is 0. The van der Waals surface area contributed by atoms with Crippen LogP contribution < -0.4 is 16.0 Å². The highest BCUT2D eigenvalue weighted by Gasteiger charge is 2.48. The molecule has 4 rings (SSSR count). The number of carboxylic acid groups (broad SMARTS) is 1. The maximum absolute atomic E-state index is 13.0. The second-order valence-corrected chi connectivity index (χ2v) is 7.57. The molecule has 3 atom stereocenters. The molecule has 1 aliphatic heterocycles. The van der Waals surface area contributed by atoms with Crippen LogP contribution in [0.5, 0.6) is 0 Å². The Labute approximate surface area is 179 Å². The van der Waals surface area contributed by atoms with Crippen molar-refractivity contribution >= 4 is 28.6 Å². The molecule has 4 N–H and O–H groups in total. The first kappa shape index (κ1) is 20.6. The van der Waals surface area contributed by atoms with Gasteiger partial charge in [-0.2, -0.15) is 0 Å². The number of hydrogen-bond acceptors (Lipinski definition) is 4. The number of nitrogens with one attached hydrogen (secondary N) is 3. The molecular weight excluding hydrogens is 394 g/mol. The summed E-state index contributed by atoms with van der Waals surface area (Å²) in [6, 6.07) is 20.7. The van der Waals surface area contributed by atoms with Gasteiger partial charge >= 0.3 is 5.97 Å². The van der Waals surface area contributed by atoms with Crippen molar-refractivity contribution in [3.05, 3.63) is 83.9 Å². The second-order valence-electron chi connectivity index (χ2n) is 7.57. The molecule has 0 unspecified atom stereocenters. The van der Waals surface area contributed by atoms with E-state index in [1.165, 1.54) is 0 Å². The van der Waals surface area contributed by atoms with Crippen LogP contribution in [0.15, 0.2) is 72.8 Å². The van der Waals surface area contributed by atoms with Gasteiger partial charge in [-0.05, 0) is 21.9 Å². The lowest BCUT2D eigenvalue weighted by Crippen LogP contribution is -2.49. The van der Waals surface area contributed by atoms with Crippen molar-refractivity contribution in [1.82, 2.24) is 16.0 Å². The second kappa shape index (κ2) is 8.97. The summed E-state index contributed by atoms with van der Waals surface area (Å²) in [6.07, 6.45) is 0.304. The smallest absolute Gasteiger partial charge is 0.322 e. The zero-order valence-corrected chi connectivity index (χ0v) is 16.7. The Hall–Kier alpha value is -3.71. The lowest BCUT2D eigenvalue weighted by molar-refractivity contribution is -0.137. The summed E-state index contributed by atoms with van der Waals surface area (Å²) in [5.74, 6) is -1.90. The van der Waals surface area contributed by atoms with Crippen molar-refractivity contribution in [2.75, 3.05) is 0 Å². The molecule has 1 aliphatic rings. The fraction of sp³-hybridized carbons (Fsp3) is 0.208. The summed E-state index contributed by atoms with van der Waals surface area (Å²) in [5, 5.41) is 19.4. The Morgan fingerprint density at radius 3 is 2.35 bits per heavy atom. The van der Waals surface area contributed by atoms with E-state index in [4.69, 9.17) is 5.11 Å². The van der Waals surface area contributed by atoms with Crippen LogP contribution in [0.2, 0.25) is 0 Å². The molecule has 0 spiro atoms. The SMILES string of the molecule is O=C(NCc1cccc2ccccc12)[C@H](Cc1ccccc1)NC(=O)[C@H]1N[C@@H]1C(=O)O. The third kappa shape index (κ3) is 4.90. The summed E-state index contributed by atoms with van der Waals surface area (Å²) in [7, 11) is 0. The zero-order chi connectivity index (χ0) is 21.8. The van der Waals surface area contributed by atoms with Gasteiger partial charge in [-0.1, -0.05) is 72.8 Å². The molecule has 3 aromatic carbocycles. The minimum Gasteiger partial charge on any atom is -0.480 e. The third-order valence-corrected chi connectivity index (χ3v) is 5.38. The van der Waals surface area contributed by atoms with Gasteiger partial charge in [-0.15, -0.1) is 0 Å². The van der Waals surface area contributed by atoms with Gasteiger partial charge in [0.2, 0.25) is 11.8 Å². The normalized spacial score (nSPS) is 18.2. The first-order valence-electron chi connectivity index (χ1n) is 10.1. The summed E-state index contributed by atoms with van der Waals surface area (Å²) in [6.45, 7) is 0.320. The molecule has 0 aliphatic carbocycles. The van der Waals surface area contributed by atoms with Crippen molar-refractivity contribution < 1.29 is 19.5 Å². The monoisotopic (exact) mass is 417 g/mol. The van der Waals surface area contributed by atoms with Crippen molar-refractivity contribution in [1.29, 1.82) is 0 Å². The fourth-order valence-electron chi connectivity index (χ4n) is 3.65. The van der Waals surface area contributed by atoms with Crippen LogP contribution in [0.1, 0.15) is 11.1 Å². The number of carbonyl (C=O) groups excluding carboxylic acids is 2. The summed E-state index contributed by atoms with van der Waals surface area (Å²) < 4.78 is 0. The number of fused-ring (bicyclic) bond motifs is 1. The van der Waals surface area contributed by atoms with Gasteiger partial charge in [-0.3, -0.25) is 19.7 Å². The first-order chi connectivity index (χ1) is 15.0. The van der Waals surface area contributed by atoms with Crippen molar-refractivity contribution in [3.8, 4) is 0 Å². The van der Waals surface area contributed by atoms with Gasteiger partial charge in [0.1, 0.15) is 18.1 Å². The Morgan fingerprint density at radius 2 is 1.61 bits per heavy atom. The first-order valence-corrected chi connectivity index (χ1v) is 10.1. The summed E-state index contributed by atoms with van der Waals surface area (Å²) in [5.41, 5.74) is 1.87. The van der Waals surface area contributed by atoms with E-state index in [1.54, 1.807) is 0 Å². The molecule has 7 heteroatoms. The third-order valence-electron chi connectivity index (χ3n) is 5.38. The lowest BCUT2D eigenvalue weighted by atomic mass is 10.0. The van der Waals surface area contributed by atoms with E-state index in [0.29, 0.717) is 13.0 Å². The fourth-order valence-corrected chi connectivity index (χ4v) is 3.65. The molecular formula is C24H23N3O4. The van der Waals surface area contributed by atoms with Gasteiger partial charge in [0.15, 0.2) is 0 Å². The Bertz CT molecular complexity index is 1110. The van der Waals surface area contributed by atoms with E-state index < -0.39 is 30.0 Å². The zero-order valence-electron chi connectivity index (χ0n) is 16.7. The van der Waals surface area contributed by atoms with Gasteiger partial charge in [0.05, 0.1) is 0 Å². The van der Waals surface area contributed by atoms with E-state index in [2.05, 4.69) is 16.0 Å². The van der Waals surface area contributed by atoms with Crippen molar-refractivity contribution in [2.24, 2.45) is 0 Å². The molecule has 0 bridgehead atoms. The van der Waals surface area contributed by atoms with Crippen LogP contribution in [0.3, 0.4) is 0 Å². The van der Waals surface area contributed by atoms with Crippen LogP contribution in [0, 0.1) is 0 Å². The van der Waals surface area contributed by atoms with E-state index in [1.807, 2.05) is 72.8 Å². The largest absolute Gasteiger partial charge is 0.480 e. The topological polar surface area (TPSA) is 117 Å². The Morgan fingerprint density at radius 1 is 0.903 bits per heavy atom. The number of carboxylic acids is 1. The van der Waals surface area contributed by atoms with Gasteiger partial charge in [-0.25, -0.2) is 0 Å². The molecule has 1 fully saturated rings. The van der Waals surface area contributed by atoms with E-state index in [0.717, 1.165) is 21.9 Å². The minimum atomic E-state index is -1.08. The van der Waals surface area contributed by atoms with Crippen molar-refractivity contribution in [3.63, 3.8) is 0 Å². The molecule has 0 aromatic heterocycles. The quantitative estimate of drug-likeness (QED) is 0.416. The Balaban J connectivity index is 1.46. The van der Waals surface area contributed by atoms with Crippen LogP contribution in [-0.4, -0.2) is 41.0 Å².